The molecule has 0 unspecified atom stereocenters. The lowest BCUT2D eigenvalue weighted by atomic mass is 10.1. The van der Waals surface area contributed by atoms with Crippen LogP contribution in [0.1, 0.15) is 23.1 Å². The zero-order valence-electron chi connectivity index (χ0n) is 17.7. The number of benzene rings is 2. The molecule has 1 aliphatic heterocycles. The van der Waals surface area contributed by atoms with Gasteiger partial charge in [-0.1, -0.05) is 23.7 Å². The largest absolute Gasteiger partial charge is 0.340 e. The van der Waals surface area contributed by atoms with Gasteiger partial charge in [-0.2, -0.15) is 0 Å². The lowest BCUT2D eigenvalue weighted by Crippen LogP contribution is -2.48. The highest BCUT2D eigenvalue weighted by Crippen LogP contribution is 2.21. The summed E-state index contributed by atoms with van der Waals surface area (Å²) in [5, 5.41) is 0.398. The lowest BCUT2D eigenvalue weighted by Gasteiger charge is -2.35. The Hall–Kier alpha value is -2.00. The standard InChI is InChI=1S/C22H27ClFN3O3S/c1-16-6-7-18(14-17(16)2)31(29,30)25-9-8-22(28)27-12-10-26(11-13-27)15-19-20(23)4-3-5-21(19)24/h3-7,14,25H,8-13,15H2,1-2H3. The fourth-order valence-electron chi connectivity index (χ4n) is 3.48. The van der Waals surface area contributed by atoms with E-state index in [2.05, 4.69) is 9.62 Å². The van der Waals surface area contributed by atoms with Crippen molar-refractivity contribution in [3.05, 3.63) is 63.9 Å². The summed E-state index contributed by atoms with van der Waals surface area (Å²) in [7, 11) is -3.65. The number of carbonyl (C=O) groups excluding carboxylic acids is 1. The van der Waals surface area contributed by atoms with Crippen molar-refractivity contribution in [2.24, 2.45) is 0 Å². The monoisotopic (exact) mass is 467 g/mol. The van der Waals surface area contributed by atoms with E-state index < -0.39 is 10.0 Å². The van der Waals surface area contributed by atoms with E-state index in [1.54, 1.807) is 35.2 Å². The minimum Gasteiger partial charge on any atom is -0.340 e. The molecule has 0 spiro atoms. The smallest absolute Gasteiger partial charge is 0.240 e. The summed E-state index contributed by atoms with van der Waals surface area (Å²) >= 11 is 6.10. The van der Waals surface area contributed by atoms with E-state index >= 15 is 0 Å². The predicted molar refractivity (Wildman–Crippen MR) is 119 cm³/mol. The Labute approximate surface area is 188 Å². The lowest BCUT2D eigenvalue weighted by molar-refractivity contribution is -0.132. The van der Waals surface area contributed by atoms with Crippen molar-refractivity contribution in [3.8, 4) is 0 Å². The Morgan fingerprint density at radius 2 is 1.81 bits per heavy atom. The zero-order chi connectivity index (χ0) is 22.6. The molecule has 1 heterocycles. The van der Waals surface area contributed by atoms with Crippen LogP contribution in [0, 0.1) is 19.7 Å². The number of hydrogen-bond acceptors (Lipinski definition) is 4. The number of rotatable bonds is 7. The first kappa shape index (κ1) is 23.7. The summed E-state index contributed by atoms with van der Waals surface area (Å²) < 4.78 is 41.4. The van der Waals surface area contributed by atoms with Gasteiger partial charge < -0.3 is 4.90 Å². The molecule has 1 amide bonds. The summed E-state index contributed by atoms with van der Waals surface area (Å²) in [5.41, 5.74) is 2.38. The number of amides is 1. The van der Waals surface area contributed by atoms with Gasteiger partial charge in [-0.15, -0.1) is 0 Å². The second kappa shape index (κ2) is 10.1. The highest BCUT2D eigenvalue weighted by atomic mass is 35.5. The molecule has 168 valence electrons. The Morgan fingerprint density at radius 1 is 1.10 bits per heavy atom. The average Bonchev–Trinajstić information content (AvgIpc) is 2.73. The normalized spacial score (nSPS) is 15.3. The SMILES string of the molecule is Cc1ccc(S(=O)(=O)NCCC(=O)N2CCN(Cc3c(F)cccc3Cl)CC2)cc1C. The highest BCUT2D eigenvalue weighted by Gasteiger charge is 2.23. The van der Waals surface area contributed by atoms with Crippen LogP contribution < -0.4 is 4.72 Å². The molecule has 1 saturated heterocycles. The van der Waals surface area contributed by atoms with Gasteiger partial charge in [-0.3, -0.25) is 9.69 Å². The molecule has 2 aromatic rings. The predicted octanol–water partition coefficient (Wildman–Crippen LogP) is 3.11. The zero-order valence-corrected chi connectivity index (χ0v) is 19.3. The number of halogens is 2. The summed E-state index contributed by atoms with van der Waals surface area (Å²) in [6.45, 7) is 6.43. The molecule has 31 heavy (non-hydrogen) atoms. The molecule has 0 bridgehead atoms. The van der Waals surface area contributed by atoms with Crippen molar-refractivity contribution in [1.29, 1.82) is 0 Å². The van der Waals surface area contributed by atoms with Crippen molar-refractivity contribution >= 4 is 27.5 Å². The number of piperazine rings is 1. The molecular formula is C22H27ClFN3O3S. The summed E-state index contributed by atoms with van der Waals surface area (Å²) in [6, 6.07) is 9.59. The molecule has 9 heteroatoms. The molecule has 3 rings (SSSR count). The van der Waals surface area contributed by atoms with E-state index in [0.717, 1.165) is 11.1 Å². The fraction of sp³-hybridized carbons (Fsp3) is 0.409. The first-order chi connectivity index (χ1) is 14.7. The van der Waals surface area contributed by atoms with Crippen molar-refractivity contribution in [2.75, 3.05) is 32.7 Å². The van der Waals surface area contributed by atoms with Crippen LogP contribution in [-0.2, 0) is 21.4 Å². The van der Waals surface area contributed by atoms with E-state index in [-0.39, 0.29) is 29.6 Å². The van der Waals surface area contributed by atoms with Gasteiger partial charge >= 0.3 is 0 Å². The van der Waals surface area contributed by atoms with Crippen LogP contribution in [0.5, 0.6) is 0 Å². The van der Waals surface area contributed by atoms with E-state index in [9.17, 15) is 17.6 Å². The van der Waals surface area contributed by atoms with Gasteiger partial charge in [0, 0.05) is 56.3 Å². The highest BCUT2D eigenvalue weighted by molar-refractivity contribution is 7.89. The molecule has 0 aliphatic carbocycles. The molecule has 2 aromatic carbocycles. The minimum absolute atomic E-state index is 0.0408. The maximum absolute atomic E-state index is 14.0. The van der Waals surface area contributed by atoms with E-state index in [1.807, 2.05) is 13.8 Å². The summed E-state index contributed by atoms with van der Waals surface area (Å²) in [5.74, 6) is -0.437. The van der Waals surface area contributed by atoms with Crippen molar-refractivity contribution in [1.82, 2.24) is 14.5 Å². The first-order valence-corrected chi connectivity index (χ1v) is 12.0. The van der Waals surface area contributed by atoms with Gasteiger partial charge in [0.1, 0.15) is 5.82 Å². The third kappa shape index (κ3) is 6.04. The Kier molecular flexibility index (Phi) is 7.69. The van der Waals surface area contributed by atoms with Crippen LogP contribution >= 0.6 is 11.6 Å². The van der Waals surface area contributed by atoms with Gasteiger partial charge in [0.05, 0.1) is 4.90 Å². The number of sulfonamides is 1. The molecule has 0 saturated carbocycles. The van der Waals surface area contributed by atoms with Gasteiger partial charge in [-0.25, -0.2) is 17.5 Å². The number of aryl methyl sites for hydroxylation is 2. The molecule has 0 radical (unpaired) electrons. The number of nitrogens with zero attached hydrogens (tertiary/aromatic N) is 2. The molecule has 1 N–H and O–H groups in total. The second-order valence-corrected chi connectivity index (χ2v) is 9.93. The molecule has 1 fully saturated rings. The molecule has 1 aliphatic rings. The third-order valence-electron chi connectivity index (χ3n) is 5.59. The van der Waals surface area contributed by atoms with Gasteiger partial charge in [0.25, 0.3) is 0 Å². The van der Waals surface area contributed by atoms with Crippen molar-refractivity contribution in [2.45, 2.75) is 31.7 Å². The van der Waals surface area contributed by atoms with Crippen LogP contribution in [0.4, 0.5) is 4.39 Å². The van der Waals surface area contributed by atoms with Gasteiger partial charge in [0.2, 0.25) is 15.9 Å². The van der Waals surface area contributed by atoms with Crippen LogP contribution in [0.25, 0.3) is 0 Å². The Balaban J connectivity index is 1.46. The van der Waals surface area contributed by atoms with Crippen molar-refractivity contribution in [3.63, 3.8) is 0 Å². The van der Waals surface area contributed by atoms with E-state index in [4.69, 9.17) is 11.6 Å². The summed E-state index contributed by atoms with van der Waals surface area (Å²) in [4.78, 5) is 16.4. The Morgan fingerprint density at radius 3 is 2.45 bits per heavy atom. The topological polar surface area (TPSA) is 69.7 Å². The van der Waals surface area contributed by atoms with E-state index in [0.29, 0.717) is 43.3 Å². The van der Waals surface area contributed by atoms with Gasteiger partial charge in [0.15, 0.2) is 0 Å². The third-order valence-corrected chi connectivity index (χ3v) is 7.40. The van der Waals surface area contributed by atoms with E-state index in [1.165, 1.54) is 6.07 Å². The van der Waals surface area contributed by atoms with Crippen LogP contribution in [0.2, 0.25) is 5.02 Å². The average molecular weight is 468 g/mol. The maximum atomic E-state index is 14.0. The number of hydrogen-bond donors (Lipinski definition) is 1. The van der Waals surface area contributed by atoms with Crippen LogP contribution in [0.15, 0.2) is 41.3 Å². The minimum atomic E-state index is -3.65. The van der Waals surface area contributed by atoms with Crippen LogP contribution in [-0.4, -0.2) is 56.8 Å². The second-order valence-electron chi connectivity index (χ2n) is 7.75. The molecular weight excluding hydrogens is 441 g/mol. The maximum Gasteiger partial charge on any atom is 0.240 e. The molecule has 0 atom stereocenters. The Bertz CT molecular complexity index is 1030. The fourth-order valence-corrected chi connectivity index (χ4v) is 4.82. The quantitative estimate of drug-likeness (QED) is 0.679. The first-order valence-electron chi connectivity index (χ1n) is 10.2. The van der Waals surface area contributed by atoms with Crippen molar-refractivity contribution < 1.29 is 17.6 Å². The van der Waals surface area contributed by atoms with Crippen LogP contribution in [0.3, 0.4) is 0 Å². The number of nitrogens with one attached hydrogen (secondary N) is 1. The van der Waals surface area contributed by atoms with Gasteiger partial charge in [-0.05, 0) is 49.2 Å². The molecule has 6 nitrogen and oxygen atoms in total. The molecule has 0 aromatic heterocycles. The summed E-state index contributed by atoms with van der Waals surface area (Å²) in [6.07, 6.45) is 0.0865. The number of carbonyl (C=O) groups is 1.